The number of rotatable bonds is 9. The van der Waals surface area contributed by atoms with Crippen LogP contribution in [0.4, 0.5) is 0 Å². The van der Waals surface area contributed by atoms with Crippen molar-refractivity contribution in [2.45, 2.75) is 39.0 Å². The van der Waals surface area contributed by atoms with Crippen LogP contribution in [0.1, 0.15) is 49.4 Å². The molecular formula is C15H20O4. The highest BCUT2D eigenvalue weighted by molar-refractivity contribution is 5.96. The SMILES string of the molecule is CCOc1ccc(C(=O)CCCCCC(=O)O)cc1. The highest BCUT2D eigenvalue weighted by Crippen LogP contribution is 2.15. The largest absolute Gasteiger partial charge is 0.494 e. The summed E-state index contributed by atoms with van der Waals surface area (Å²) in [6.07, 6.45) is 2.78. The van der Waals surface area contributed by atoms with Crippen LogP contribution in [0, 0.1) is 0 Å². The Kier molecular flexibility index (Phi) is 6.64. The van der Waals surface area contributed by atoms with E-state index in [0.29, 0.717) is 25.0 Å². The molecule has 0 spiro atoms. The highest BCUT2D eigenvalue weighted by atomic mass is 16.5. The van der Waals surface area contributed by atoms with E-state index >= 15 is 0 Å². The fourth-order valence-electron chi connectivity index (χ4n) is 1.79. The number of Topliss-reactive ketones (excluding diaryl/α,β-unsaturated/α-hetero) is 1. The van der Waals surface area contributed by atoms with Crippen LogP contribution in [0.25, 0.3) is 0 Å². The van der Waals surface area contributed by atoms with E-state index in [1.54, 1.807) is 24.3 Å². The summed E-state index contributed by atoms with van der Waals surface area (Å²) in [5, 5.41) is 8.49. The molecule has 4 nitrogen and oxygen atoms in total. The van der Waals surface area contributed by atoms with Gasteiger partial charge in [0.2, 0.25) is 0 Å². The minimum Gasteiger partial charge on any atom is -0.494 e. The molecule has 0 atom stereocenters. The predicted octanol–water partition coefficient (Wildman–Crippen LogP) is 3.30. The molecule has 0 aliphatic carbocycles. The molecule has 0 saturated carbocycles. The normalized spacial score (nSPS) is 10.2. The Labute approximate surface area is 113 Å². The second kappa shape index (κ2) is 8.29. The second-order valence-corrected chi connectivity index (χ2v) is 4.33. The Morgan fingerprint density at radius 3 is 2.26 bits per heavy atom. The molecule has 0 bridgehead atoms. The molecule has 0 amide bonds. The van der Waals surface area contributed by atoms with Crippen molar-refractivity contribution in [3.05, 3.63) is 29.8 Å². The molecule has 1 N–H and O–H groups in total. The van der Waals surface area contributed by atoms with Crippen molar-refractivity contribution in [1.82, 2.24) is 0 Å². The summed E-state index contributed by atoms with van der Waals surface area (Å²) < 4.78 is 5.31. The Balaban J connectivity index is 2.30. The summed E-state index contributed by atoms with van der Waals surface area (Å²) in [7, 11) is 0. The second-order valence-electron chi connectivity index (χ2n) is 4.33. The first-order chi connectivity index (χ1) is 9.13. The first-order valence-electron chi connectivity index (χ1n) is 6.61. The third-order valence-electron chi connectivity index (χ3n) is 2.78. The van der Waals surface area contributed by atoms with Crippen LogP contribution in [0.2, 0.25) is 0 Å². The molecule has 19 heavy (non-hydrogen) atoms. The molecule has 104 valence electrons. The van der Waals surface area contributed by atoms with E-state index in [-0.39, 0.29) is 12.2 Å². The average Bonchev–Trinajstić information content (AvgIpc) is 2.39. The molecule has 0 heterocycles. The van der Waals surface area contributed by atoms with Gasteiger partial charge in [-0.2, -0.15) is 0 Å². The average molecular weight is 264 g/mol. The topological polar surface area (TPSA) is 63.6 Å². The van der Waals surface area contributed by atoms with Gasteiger partial charge in [-0.25, -0.2) is 0 Å². The van der Waals surface area contributed by atoms with Crippen LogP contribution in [0.3, 0.4) is 0 Å². The lowest BCUT2D eigenvalue weighted by Gasteiger charge is -2.04. The Morgan fingerprint density at radius 2 is 1.68 bits per heavy atom. The number of carboxylic acid groups (broad SMARTS) is 1. The number of ether oxygens (including phenoxy) is 1. The van der Waals surface area contributed by atoms with Gasteiger partial charge < -0.3 is 9.84 Å². The van der Waals surface area contributed by atoms with Crippen molar-refractivity contribution >= 4 is 11.8 Å². The monoisotopic (exact) mass is 264 g/mol. The van der Waals surface area contributed by atoms with Gasteiger partial charge in [0.05, 0.1) is 6.61 Å². The number of hydrogen-bond donors (Lipinski definition) is 1. The van der Waals surface area contributed by atoms with Gasteiger partial charge in [-0.3, -0.25) is 9.59 Å². The molecule has 0 aliphatic heterocycles. The van der Waals surface area contributed by atoms with E-state index in [4.69, 9.17) is 9.84 Å². The van der Waals surface area contributed by atoms with Gasteiger partial charge in [-0.1, -0.05) is 6.42 Å². The van der Waals surface area contributed by atoms with E-state index in [9.17, 15) is 9.59 Å². The van der Waals surface area contributed by atoms with E-state index in [2.05, 4.69) is 0 Å². The smallest absolute Gasteiger partial charge is 0.303 e. The minimum atomic E-state index is -0.780. The first kappa shape index (κ1) is 15.2. The summed E-state index contributed by atoms with van der Waals surface area (Å²) in [5.74, 6) is 0.0803. The number of aliphatic carboxylic acids is 1. The minimum absolute atomic E-state index is 0.0957. The molecule has 0 aliphatic rings. The summed E-state index contributed by atoms with van der Waals surface area (Å²) >= 11 is 0. The maximum absolute atomic E-state index is 11.9. The lowest BCUT2D eigenvalue weighted by atomic mass is 10.0. The van der Waals surface area contributed by atoms with Crippen LogP contribution in [-0.2, 0) is 4.79 Å². The Morgan fingerprint density at radius 1 is 1.05 bits per heavy atom. The molecular weight excluding hydrogens is 244 g/mol. The molecule has 0 saturated heterocycles. The molecule has 1 rings (SSSR count). The molecule has 0 radical (unpaired) electrons. The standard InChI is InChI=1S/C15H20O4/c1-2-19-13-10-8-12(9-11-13)14(16)6-4-3-5-7-15(17)18/h8-11H,2-7H2,1H3,(H,17,18). The summed E-state index contributed by atoms with van der Waals surface area (Å²) in [4.78, 5) is 22.2. The van der Waals surface area contributed by atoms with Crippen LogP contribution < -0.4 is 4.74 Å². The van der Waals surface area contributed by atoms with E-state index < -0.39 is 5.97 Å². The molecule has 4 heteroatoms. The number of ketones is 1. The van der Waals surface area contributed by atoms with Crippen molar-refractivity contribution in [2.75, 3.05) is 6.61 Å². The molecule has 1 aromatic rings. The van der Waals surface area contributed by atoms with Crippen LogP contribution in [0.15, 0.2) is 24.3 Å². The van der Waals surface area contributed by atoms with Gasteiger partial charge >= 0.3 is 5.97 Å². The zero-order chi connectivity index (χ0) is 14.1. The van der Waals surface area contributed by atoms with Crippen molar-refractivity contribution in [1.29, 1.82) is 0 Å². The van der Waals surface area contributed by atoms with E-state index in [0.717, 1.165) is 18.6 Å². The van der Waals surface area contributed by atoms with Crippen LogP contribution in [-0.4, -0.2) is 23.5 Å². The van der Waals surface area contributed by atoms with Gasteiger partial charge in [0.15, 0.2) is 5.78 Å². The fourth-order valence-corrected chi connectivity index (χ4v) is 1.79. The molecule has 0 unspecified atom stereocenters. The first-order valence-corrected chi connectivity index (χ1v) is 6.61. The van der Waals surface area contributed by atoms with Crippen LogP contribution >= 0.6 is 0 Å². The maximum Gasteiger partial charge on any atom is 0.303 e. The Hall–Kier alpha value is -1.84. The molecule has 1 aromatic carbocycles. The number of carboxylic acids is 1. The fraction of sp³-hybridized carbons (Fsp3) is 0.467. The van der Waals surface area contributed by atoms with Gasteiger partial charge in [0, 0.05) is 18.4 Å². The van der Waals surface area contributed by atoms with Gasteiger partial charge in [0.25, 0.3) is 0 Å². The number of benzene rings is 1. The van der Waals surface area contributed by atoms with Crippen molar-refractivity contribution in [2.24, 2.45) is 0 Å². The number of hydrogen-bond acceptors (Lipinski definition) is 3. The summed E-state index contributed by atoms with van der Waals surface area (Å²) in [6.45, 7) is 2.52. The van der Waals surface area contributed by atoms with Crippen LogP contribution in [0.5, 0.6) is 5.75 Å². The number of unbranched alkanes of at least 4 members (excludes halogenated alkanes) is 2. The van der Waals surface area contributed by atoms with Crippen molar-refractivity contribution < 1.29 is 19.4 Å². The number of carbonyl (C=O) groups excluding carboxylic acids is 1. The predicted molar refractivity (Wildman–Crippen MR) is 72.7 cm³/mol. The van der Waals surface area contributed by atoms with E-state index in [1.165, 1.54) is 0 Å². The zero-order valence-corrected chi connectivity index (χ0v) is 11.2. The van der Waals surface area contributed by atoms with Gasteiger partial charge in [0.1, 0.15) is 5.75 Å². The number of carbonyl (C=O) groups is 2. The van der Waals surface area contributed by atoms with Crippen molar-refractivity contribution in [3.63, 3.8) is 0 Å². The van der Waals surface area contributed by atoms with Crippen molar-refractivity contribution in [3.8, 4) is 5.75 Å². The van der Waals surface area contributed by atoms with Gasteiger partial charge in [-0.05, 0) is 44.0 Å². The molecule has 0 aromatic heterocycles. The lowest BCUT2D eigenvalue weighted by Crippen LogP contribution is -2.00. The highest BCUT2D eigenvalue weighted by Gasteiger charge is 2.06. The lowest BCUT2D eigenvalue weighted by molar-refractivity contribution is -0.137. The third-order valence-corrected chi connectivity index (χ3v) is 2.78. The summed E-state index contributed by atoms with van der Waals surface area (Å²) in [5.41, 5.74) is 0.682. The molecule has 0 fully saturated rings. The third kappa shape index (κ3) is 6.04. The summed E-state index contributed by atoms with van der Waals surface area (Å²) in [6, 6.07) is 7.12. The maximum atomic E-state index is 11.9. The van der Waals surface area contributed by atoms with E-state index in [1.807, 2.05) is 6.92 Å². The van der Waals surface area contributed by atoms with Gasteiger partial charge in [-0.15, -0.1) is 0 Å². The quantitative estimate of drug-likeness (QED) is 0.549. The Bertz CT molecular complexity index is 409. The zero-order valence-electron chi connectivity index (χ0n) is 11.2.